The zero-order chi connectivity index (χ0) is 14.7. The molecule has 6 heteroatoms. The monoisotopic (exact) mass is 274 g/mol. The van der Waals surface area contributed by atoms with Gasteiger partial charge in [0.25, 0.3) is 5.56 Å². The van der Waals surface area contributed by atoms with Gasteiger partial charge in [0.2, 0.25) is 0 Å². The third kappa shape index (κ3) is 2.60. The summed E-state index contributed by atoms with van der Waals surface area (Å²) in [5, 5.41) is 18.3. The molecule has 0 saturated heterocycles. The summed E-state index contributed by atoms with van der Waals surface area (Å²) in [6.07, 6.45) is 0. The first-order valence-electron chi connectivity index (χ1n) is 6.06. The van der Waals surface area contributed by atoms with Gasteiger partial charge in [-0.25, -0.2) is 4.98 Å². The van der Waals surface area contributed by atoms with Crippen LogP contribution in [0, 0.1) is 0 Å². The molecule has 0 spiro atoms. The zero-order valence-corrected chi connectivity index (χ0v) is 10.8. The molecule has 1 unspecified atom stereocenters. The number of rotatable bonds is 4. The molecule has 1 atom stereocenters. The summed E-state index contributed by atoms with van der Waals surface area (Å²) >= 11 is 0. The van der Waals surface area contributed by atoms with Crippen LogP contribution in [0.1, 0.15) is 24.2 Å². The molecule has 104 valence electrons. The second-order valence-electron chi connectivity index (χ2n) is 4.36. The van der Waals surface area contributed by atoms with Crippen LogP contribution in [0.3, 0.4) is 0 Å². The van der Waals surface area contributed by atoms with Crippen LogP contribution in [0.5, 0.6) is 0 Å². The molecule has 2 aromatic rings. The molecule has 1 heterocycles. The smallest absolute Gasteiger partial charge is 0.310 e. The Morgan fingerprint density at radius 3 is 2.55 bits per heavy atom. The molecule has 1 aromatic carbocycles. The van der Waals surface area contributed by atoms with Crippen LogP contribution >= 0.6 is 0 Å². The fraction of sp³-hybridized carbons (Fsp3) is 0.214. The lowest BCUT2D eigenvalue weighted by Crippen LogP contribution is -2.24. The van der Waals surface area contributed by atoms with E-state index in [-0.39, 0.29) is 17.1 Å². The molecule has 20 heavy (non-hydrogen) atoms. The lowest BCUT2D eigenvalue weighted by molar-refractivity contribution is -0.138. The first-order chi connectivity index (χ1) is 9.54. The Labute approximate surface area is 114 Å². The number of nitrogens with one attached hydrogen (secondary N) is 1. The molecule has 0 fully saturated rings. The first-order valence-corrected chi connectivity index (χ1v) is 6.06. The Kier molecular flexibility index (Phi) is 3.95. The van der Waals surface area contributed by atoms with Crippen LogP contribution < -0.4 is 5.56 Å². The van der Waals surface area contributed by atoms with Crippen molar-refractivity contribution in [2.24, 2.45) is 0 Å². The van der Waals surface area contributed by atoms with E-state index in [1.165, 1.54) is 6.92 Å². The minimum Gasteiger partial charge on any atom is -0.481 e. The van der Waals surface area contributed by atoms with Crippen molar-refractivity contribution in [3.8, 4) is 11.3 Å². The number of aromatic amines is 1. The summed E-state index contributed by atoms with van der Waals surface area (Å²) < 4.78 is 0. The van der Waals surface area contributed by atoms with Gasteiger partial charge in [0.15, 0.2) is 0 Å². The van der Waals surface area contributed by atoms with Crippen molar-refractivity contribution < 1.29 is 15.0 Å². The molecule has 6 nitrogen and oxygen atoms in total. The molecule has 0 aliphatic rings. The maximum absolute atomic E-state index is 12.1. The standard InChI is InChI=1S/C14H14N2O4/c1-8(14(19)20)11-12(9-5-3-2-4-6-9)15-10(7-17)16-13(11)18/h2-6,8,17H,7H2,1H3,(H,19,20)(H,15,16,18). The summed E-state index contributed by atoms with van der Waals surface area (Å²) in [4.78, 5) is 29.8. The Bertz CT molecular complexity index is 679. The van der Waals surface area contributed by atoms with Gasteiger partial charge >= 0.3 is 5.97 Å². The molecule has 1 aromatic heterocycles. The highest BCUT2D eigenvalue weighted by Gasteiger charge is 2.23. The van der Waals surface area contributed by atoms with Crippen molar-refractivity contribution in [3.05, 3.63) is 52.1 Å². The van der Waals surface area contributed by atoms with E-state index in [1.807, 2.05) is 6.07 Å². The molecule has 2 rings (SSSR count). The number of benzene rings is 1. The van der Waals surface area contributed by atoms with Crippen molar-refractivity contribution in [1.29, 1.82) is 0 Å². The van der Waals surface area contributed by atoms with Crippen molar-refractivity contribution in [2.75, 3.05) is 0 Å². The number of hydrogen-bond acceptors (Lipinski definition) is 4. The van der Waals surface area contributed by atoms with Gasteiger partial charge in [-0.3, -0.25) is 9.59 Å². The van der Waals surface area contributed by atoms with Gasteiger partial charge in [0, 0.05) is 5.56 Å². The number of aliphatic hydroxyl groups is 1. The van der Waals surface area contributed by atoms with E-state index in [2.05, 4.69) is 9.97 Å². The lowest BCUT2D eigenvalue weighted by atomic mass is 9.97. The van der Waals surface area contributed by atoms with Gasteiger partial charge in [0.05, 0.1) is 17.2 Å². The minimum atomic E-state index is -1.11. The predicted octanol–water partition coefficient (Wildman–Crippen LogP) is 1.12. The van der Waals surface area contributed by atoms with E-state index in [9.17, 15) is 9.59 Å². The van der Waals surface area contributed by atoms with E-state index in [4.69, 9.17) is 10.2 Å². The number of H-pyrrole nitrogens is 1. The number of nitrogens with zero attached hydrogens (tertiary/aromatic N) is 1. The highest BCUT2D eigenvalue weighted by Crippen LogP contribution is 2.24. The molecule has 0 radical (unpaired) electrons. The molecule has 0 aliphatic heterocycles. The van der Waals surface area contributed by atoms with Crippen LogP contribution in [0.2, 0.25) is 0 Å². The van der Waals surface area contributed by atoms with E-state index in [1.54, 1.807) is 24.3 Å². The van der Waals surface area contributed by atoms with Crippen LogP contribution in [-0.2, 0) is 11.4 Å². The Morgan fingerprint density at radius 1 is 1.35 bits per heavy atom. The molecular weight excluding hydrogens is 260 g/mol. The number of aromatic nitrogens is 2. The predicted molar refractivity (Wildman–Crippen MR) is 72.3 cm³/mol. The average Bonchev–Trinajstić information content (AvgIpc) is 2.46. The van der Waals surface area contributed by atoms with Crippen molar-refractivity contribution in [3.63, 3.8) is 0 Å². The van der Waals surface area contributed by atoms with Crippen molar-refractivity contribution in [1.82, 2.24) is 9.97 Å². The SMILES string of the molecule is CC(C(=O)O)c1c(-c2ccccc2)nc(CO)[nH]c1=O. The largest absolute Gasteiger partial charge is 0.481 e. The van der Waals surface area contributed by atoms with E-state index >= 15 is 0 Å². The lowest BCUT2D eigenvalue weighted by Gasteiger charge is -2.12. The maximum atomic E-state index is 12.1. The van der Waals surface area contributed by atoms with Gasteiger partial charge in [0.1, 0.15) is 12.4 Å². The van der Waals surface area contributed by atoms with Gasteiger partial charge in [-0.05, 0) is 6.92 Å². The number of carbonyl (C=O) groups is 1. The Balaban J connectivity index is 2.73. The summed E-state index contributed by atoms with van der Waals surface area (Å²) in [6, 6.07) is 8.82. The van der Waals surface area contributed by atoms with E-state index < -0.39 is 24.1 Å². The number of aliphatic hydroxyl groups excluding tert-OH is 1. The normalized spacial score (nSPS) is 12.1. The zero-order valence-electron chi connectivity index (χ0n) is 10.8. The van der Waals surface area contributed by atoms with Crippen LogP contribution in [0.25, 0.3) is 11.3 Å². The maximum Gasteiger partial charge on any atom is 0.310 e. The van der Waals surface area contributed by atoms with Crippen molar-refractivity contribution >= 4 is 5.97 Å². The van der Waals surface area contributed by atoms with Crippen molar-refractivity contribution in [2.45, 2.75) is 19.4 Å². The fourth-order valence-corrected chi connectivity index (χ4v) is 1.95. The average molecular weight is 274 g/mol. The van der Waals surface area contributed by atoms with Gasteiger partial charge in [-0.2, -0.15) is 0 Å². The third-order valence-electron chi connectivity index (χ3n) is 3.00. The second-order valence-corrected chi connectivity index (χ2v) is 4.36. The topological polar surface area (TPSA) is 103 Å². The summed E-state index contributed by atoms with van der Waals surface area (Å²) in [7, 11) is 0. The number of carboxylic acids is 1. The van der Waals surface area contributed by atoms with Gasteiger partial charge < -0.3 is 15.2 Å². The fourth-order valence-electron chi connectivity index (χ4n) is 1.95. The quantitative estimate of drug-likeness (QED) is 0.775. The van der Waals surface area contributed by atoms with Gasteiger partial charge in [-0.15, -0.1) is 0 Å². The number of carboxylic acid groups (broad SMARTS) is 1. The molecule has 0 saturated carbocycles. The molecule has 0 amide bonds. The molecular formula is C14H14N2O4. The Hall–Kier alpha value is -2.47. The number of hydrogen-bond donors (Lipinski definition) is 3. The van der Waals surface area contributed by atoms with Crippen LogP contribution in [0.15, 0.2) is 35.1 Å². The summed E-state index contributed by atoms with van der Waals surface area (Å²) in [5.41, 5.74) is 0.461. The molecule has 3 N–H and O–H groups in total. The molecule has 0 aliphatic carbocycles. The third-order valence-corrected chi connectivity index (χ3v) is 3.00. The summed E-state index contributed by atoms with van der Waals surface area (Å²) in [6.45, 7) is 1.01. The minimum absolute atomic E-state index is 0.0842. The first kappa shape index (κ1) is 14.0. The summed E-state index contributed by atoms with van der Waals surface area (Å²) in [5.74, 6) is -1.99. The van der Waals surface area contributed by atoms with E-state index in [0.29, 0.717) is 5.56 Å². The van der Waals surface area contributed by atoms with Crippen LogP contribution in [0.4, 0.5) is 0 Å². The van der Waals surface area contributed by atoms with Crippen LogP contribution in [-0.4, -0.2) is 26.2 Å². The Morgan fingerprint density at radius 2 is 2.00 bits per heavy atom. The highest BCUT2D eigenvalue weighted by molar-refractivity contribution is 5.79. The second kappa shape index (κ2) is 5.66. The van der Waals surface area contributed by atoms with E-state index in [0.717, 1.165) is 0 Å². The van der Waals surface area contributed by atoms with Gasteiger partial charge in [-0.1, -0.05) is 30.3 Å². The number of aliphatic carboxylic acids is 1. The molecule has 0 bridgehead atoms. The highest BCUT2D eigenvalue weighted by atomic mass is 16.4.